The van der Waals surface area contributed by atoms with Crippen LogP contribution in [0.15, 0.2) is 0 Å². The summed E-state index contributed by atoms with van der Waals surface area (Å²) in [5, 5.41) is 0. The molecule has 0 spiro atoms. The first kappa shape index (κ1) is 16.0. The molecule has 0 radical (unpaired) electrons. The van der Waals surface area contributed by atoms with Crippen molar-refractivity contribution in [2.24, 2.45) is 11.3 Å². The molecule has 1 heteroatoms. The number of hydrogen-bond acceptors (Lipinski definition) is 1. The van der Waals surface area contributed by atoms with Crippen LogP contribution in [0.4, 0.5) is 0 Å². The molecule has 0 aromatic rings. The molecular weight excluding hydrogens is 218 g/mol. The van der Waals surface area contributed by atoms with Gasteiger partial charge in [-0.1, -0.05) is 47.0 Å². The molecule has 1 saturated heterocycles. The zero-order chi connectivity index (χ0) is 13.4. The van der Waals surface area contributed by atoms with Crippen molar-refractivity contribution >= 4 is 0 Å². The van der Waals surface area contributed by atoms with Crippen LogP contribution in [0.2, 0.25) is 0 Å². The van der Waals surface area contributed by atoms with E-state index in [2.05, 4.69) is 18.7 Å². The molecule has 18 heavy (non-hydrogen) atoms. The predicted molar refractivity (Wildman–Crippen MR) is 82.0 cm³/mol. The Kier molecular flexibility index (Phi) is 7.29. The minimum Gasteiger partial charge on any atom is -0.303 e. The Labute approximate surface area is 115 Å². The van der Waals surface area contributed by atoms with E-state index in [1.807, 2.05) is 13.8 Å². The van der Waals surface area contributed by atoms with Gasteiger partial charge in [-0.2, -0.15) is 0 Å². The minimum absolute atomic E-state index is 0.719. The van der Waals surface area contributed by atoms with Crippen molar-refractivity contribution in [2.45, 2.75) is 79.1 Å². The summed E-state index contributed by atoms with van der Waals surface area (Å²) in [5.41, 5.74) is 0.719. The van der Waals surface area contributed by atoms with Crippen LogP contribution in [-0.2, 0) is 0 Å². The smallest absolute Gasteiger partial charge is 0.00159 e. The molecule has 0 aromatic carbocycles. The van der Waals surface area contributed by atoms with E-state index in [0.29, 0.717) is 0 Å². The third-order valence-electron chi connectivity index (χ3n) is 5.15. The number of rotatable bonds is 4. The molecule has 2 fully saturated rings. The second-order valence-corrected chi connectivity index (χ2v) is 6.33. The standard InChI is InChI=1S/C15H29N.C2H6/c1-3-4-11-16-12-7-14(8-13-16)15(2)9-5-6-10-15;1-2/h14H,3-13H2,1-2H3;1-2H3. The fourth-order valence-electron chi connectivity index (χ4n) is 3.83. The molecule has 0 bridgehead atoms. The zero-order valence-corrected chi connectivity index (χ0v) is 13.3. The number of piperidine rings is 1. The van der Waals surface area contributed by atoms with Gasteiger partial charge in [0, 0.05) is 0 Å². The average molecular weight is 253 g/mol. The largest absolute Gasteiger partial charge is 0.303 e. The van der Waals surface area contributed by atoms with Gasteiger partial charge in [0.15, 0.2) is 0 Å². The van der Waals surface area contributed by atoms with Crippen molar-refractivity contribution < 1.29 is 0 Å². The number of nitrogens with zero attached hydrogens (tertiary/aromatic N) is 1. The van der Waals surface area contributed by atoms with Gasteiger partial charge in [0.1, 0.15) is 0 Å². The average Bonchev–Trinajstić information content (AvgIpc) is 2.87. The highest BCUT2D eigenvalue weighted by molar-refractivity contribution is 4.89. The first-order chi connectivity index (χ1) is 8.74. The normalized spacial score (nSPS) is 24.7. The molecule has 0 amide bonds. The van der Waals surface area contributed by atoms with Crippen molar-refractivity contribution in [2.75, 3.05) is 19.6 Å². The Morgan fingerprint density at radius 3 is 2.11 bits per heavy atom. The lowest BCUT2D eigenvalue weighted by Crippen LogP contribution is -2.39. The van der Waals surface area contributed by atoms with Gasteiger partial charge in [0.2, 0.25) is 0 Å². The molecule has 108 valence electrons. The van der Waals surface area contributed by atoms with Crippen molar-refractivity contribution in [3.63, 3.8) is 0 Å². The molecule has 1 nitrogen and oxygen atoms in total. The topological polar surface area (TPSA) is 3.24 Å². The molecule has 0 N–H and O–H groups in total. The van der Waals surface area contributed by atoms with E-state index in [-0.39, 0.29) is 0 Å². The molecule has 1 aliphatic carbocycles. The Morgan fingerprint density at radius 1 is 1.06 bits per heavy atom. The maximum Gasteiger partial charge on any atom is -0.00159 e. The number of unbranched alkanes of at least 4 members (excludes halogenated alkanes) is 1. The van der Waals surface area contributed by atoms with E-state index < -0.39 is 0 Å². The van der Waals surface area contributed by atoms with Crippen LogP contribution >= 0.6 is 0 Å². The van der Waals surface area contributed by atoms with Gasteiger partial charge in [0.25, 0.3) is 0 Å². The van der Waals surface area contributed by atoms with E-state index in [0.717, 1.165) is 11.3 Å². The summed E-state index contributed by atoms with van der Waals surface area (Å²) < 4.78 is 0. The van der Waals surface area contributed by atoms with Gasteiger partial charge in [-0.15, -0.1) is 0 Å². The van der Waals surface area contributed by atoms with E-state index >= 15 is 0 Å². The highest BCUT2D eigenvalue weighted by atomic mass is 15.1. The summed E-state index contributed by atoms with van der Waals surface area (Å²) in [6, 6.07) is 0. The highest BCUT2D eigenvalue weighted by Gasteiger charge is 2.38. The van der Waals surface area contributed by atoms with Crippen LogP contribution in [-0.4, -0.2) is 24.5 Å². The number of hydrogen-bond donors (Lipinski definition) is 0. The van der Waals surface area contributed by atoms with Crippen LogP contribution in [0.3, 0.4) is 0 Å². The summed E-state index contributed by atoms with van der Waals surface area (Å²) in [6.07, 6.45) is 11.7. The first-order valence-electron chi connectivity index (χ1n) is 8.47. The second kappa shape index (κ2) is 8.19. The van der Waals surface area contributed by atoms with Gasteiger partial charge in [-0.3, -0.25) is 0 Å². The van der Waals surface area contributed by atoms with Gasteiger partial charge in [-0.05, 0) is 63.1 Å². The van der Waals surface area contributed by atoms with Crippen LogP contribution in [0.1, 0.15) is 79.1 Å². The van der Waals surface area contributed by atoms with Gasteiger partial charge in [0.05, 0.1) is 0 Å². The molecule has 2 aliphatic rings. The first-order valence-corrected chi connectivity index (χ1v) is 8.47. The lowest BCUT2D eigenvalue weighted by atomic mass is 9.71. The summed E-state index contributed by atoms with van der Waals surface area (Å²) in [4.78, 5) is 2.69. The Morgan fingerprint density at radius 2 is 1.61 bits per heavy atom. The van der Waals surface area contributed by atoms with Gasteiger partial charge >= 0.3 is 0 Å². The lowest BCUT2D eigenvalue weighted by Gasteiger charge is -2.40. The van der Waals surface area contributed by atoms with Crippen molar-refractivity contribution in [1.82, 2.24) is 4.90 Å². The van der Waals surface area contributed by atoms with Crippen LogP contribution < -0.4 is 0 Å². The molecule has 2 rings (SSSR count). The van der Waals surface area contributed by atoms with Crippen molar-refractivity contribution in [1.29, 1.82) is 0 Å². The third-order valence-corrected chi connectivity index (χ3v) is 5.15. The second-order valence-electron chi connectivity index (χ2n) is 6.33. The van der Waals surface area contributed by atoms with E-state index in [1.54, 1.807) is 0 Å². The predicted octanol–water partition coefficient (Wildman–Crippen LogP) is 5.11. The number of likely N-dealkylation sites (tertiary alicyclic amines) is 1. The van der Waals surface area contributed by atoms with Gasteiger partial charge in [-0.25, -0.2) is 0 Å². The molecule has 0 atom stereocenters. The maximum absolute atomic E-state index is 2.69. The molecular formula is C17H35N. The Hall–Kier alpha value is -0.0400. The maximum atomic E-state index is 2.69. The zero-order valence-electron chi connectivity index (χ0n) is 13.3. The van der Waals surface area contributed by atoms with Crippen molar-refractivity contribution in [3.8, 4) is 0 Å². The molecule has 1 heterocycles. The van der Waals surface area contributed by atoms with Crippen LogP contribution in [0, 0.1) is 11.3 Å². The Bertz CT molecular complexity index is 198. The fourth-order valence-corrected chi connectivity index (χ4v) is 3.83. The monoisotopic (exact) mass is 253 g/mol. The molecule has 1 aliphatic heterocycles. The van der Waals surface area contributed by atoms with E-state index in [1.165, 1.54) is 71.0 Å². The van der Waals surface area contributed by atoms with Crippen LogP contribution in [0.25, 0.3) is 0 Å². The summed E-state index contributed by atoms with van der Waals surface area (Å²) in [5.74, 6) is 1.04. The highest BCUT2D eigenvalue weighted by Crippen LogP contribution is 2.47. The third kappa shape index (κ3) is 4.26. The van der Waals surface area contributed by atoms with Crippen molar-refractivity contribution in [3.05, 3.63) is 0 Å². The summed E-state index contributed by atoms with van der Waals surface area (Å²) in [7, 11) is 0. The van der Waals surface area contributed by atoms with Gasteiger partial charge < -0.3 is 4.90 Å². The summed E-state index contributed by atoms with van der Waals surface area (Å²) >= 11 is 0. The van der Waals surface area contributed by atoms with E-state index in [4.69, 9.17) is 0 Å². The van der Waals surface area contributed by atoms with Crippen LogP contribution in [0.5, 0.6) is 0 Å². The summed E-state index contributed by atoms with van der Waals surface area (Å²) in [6.45, 7) is 13.0. The SMILES string of the molecule is CC.CCCCN1CCC(C2(C)CCCC2)CC1. The Balaban J connectivity index is 0.000000771. The molecule has 0 unspecified atom stereocenters. The lowest BCUT2D eigenvalue weighted by molar-refractivity contribution is 0.0913. The minimum atomic E-state index is 0.719. The molecule has 1 saturated carbocycles. The molecule has 0 aromatic heterocycles. The van der Waals surface area contributed by atoms with E-state index in [9.17, 15) is 0 Å². The fraction of sp³-hybridized carbons (Fsp3) is 1.00. The quantitative estimate of drug-likeness (QED) is 0.673.